The largest absolute Gasteiger partial charge is 0.442 e. The lowest BCUT2D eigenvalue weighted by Crippen LogP contribution is -2.33. The molecule has 2 N–H and O–H groups in total. The van der Waals surface area contributed by atoms with E-state index >= 15 is 0 Å². The van der Waals surface area contributed by atoms with Crippen LogP contribution >= 0.6 is 0 Å². The SMILES string of the molecule is CONc1cc2cc(N3C[C@H](CNC(C)=O)OC3=O)cc(F)c2n1C. The molecule has 2 amide bonds. The van der Waals surface area contributed by atoms with Crippen molar-refractivity contribution in [3.8, 4) is 0 Å². The Kier molecular flexibility index (Phi) is 4.49. The van der Waals surface area contributed by atoms with Gasteiger partial charge in [0.15, 0.2) is 0 Å². The van der Waals surface area contributed by atoms with Crippen LogP contribution < -0.4 is 15.7 Å². The van der Waals surface area contributed by atoms with Gasteiger partial charge >= 0.3 is 6.09 Å². The molecule has 2 aromatic rings. The summed E-state index contributed by atoms with van der Waals surface area (Å²) in [5, 5.41) is 3.22. The average Bonchev–Trinajstić information content (AvgIpc) is 3.06. The van der Waals surface area contributed by atoms with Crippen molar-refractivity contribution < 1.29 is 23.6 Å². The minimum Gasteiger partial charge on any atom is -0.442 e. The van der Waals surface area contributed by atoms with Crippen LogP contribution in [0.2, 0.25) is 0 Å². The Balaban J connectivity index is 1.88. The zero-order chi connectivity index (χ0) is 18.1. The van der Waals surface area contributed by atoms with Crippen molar-refractivity contribution in [2.45, 2.75) is 13.0 Å². The number of rotatable bonds is 5. The molecule has 1 atom stereocenters. The summed E-state index contributed by atoms with van der Waals surface area (Å²) in [5.74, 6) is -0.0808. The van der Waals surface area contributed by atoms with Crippen LogP contribution in [0.15, 0.2) is 18.2 Å². The van der Waals surface area contributed by atoms with Crippen LogP contribution in [0.4, 0.5) is 20.7 Å². The van der Waals surface area contributed by atoms with Crippen LogP contribution in [0.25, 0.3) is 10.9 Å². The number of amides is 2. The Labute approximate surface area is 143 Å². The highest BCUT2D eigenvalue weighted by molar-refractivity contribution is 5.95. The van der Waals surface area contributed by atoms with Gasteiger partial charge in [0.2, 0.25) is 5.91 Å². The molecule has 1 saturated heterocycles. The van der Waals surface area contributed by atoms with E-state index in [1.807, 2.05) is 0 Å². The predicted molar refractivity (Wildman–Crippen MR) is 89.8 cm³/mol. The molecule has 1 fully saturated rings. The van der Waals surface area contributed by atoms with Crippen molar-refractivity contribution in [3.63, 3.8) is 0 Å². The Hall–Kier alpha value is -2.81. The first-order chi connectivity index (χ1) is 11.9. The molecule has 2 heterocycles. The monoisotopic (exact) mass is 350 g/mol. The highest BCUT2D eigenvalue weighted by Crippen LogP contribution is 2.31. The molecule has 0 radical (unpaired) electrons. The predicted octanol–water partition coefficient (Wildman–Crippen LogP) is 1.75. The van der Waals surface area contributed by atoms with Gasteiger partial charge in [-0.2, -0.15) is 0 Å². The van der Waals surface area contributed by atoms with E-state index in [4.69, 9.17) is 9.57 Å². The lowest BCUT2D eigenvalue weighted by atomic mass is 10.2. The molecule has 9 heteroatoms. The molecular formula is C16H19FN4O4. The van der Waals surface area contributed by atoms with Gasteiger partial charge in [0, 0.05) is 19.4 Å². The van der Waals surface area contributed by atoms with E-state index in [9.17, 15) is 14.0 Å². The normalized spacial score (nSPS) is 17.0. The van der Waals surface area contributed by atoms with E-state index in [0.717, 1.165) is 0 Å². The molecule has 0 spiro atoms. The molecule has 1 aliphatic heterocycles. The summed E-state index contributed by atoms with van der Waals surface area (Å²) in [5.41, 5.74) is 3.47. The number of carbonyl (C=O) groups excluding carboxylic acids is 2. The van der Waals surface area contributed by atoms with E-state index < -0.39 is 18.0 Å². The van der Waals surface area contributed by atoms with Gasteiger partial charge in [0.1, 0.15) is 17.7 Å². The molecule has 1 aromatic carbocycles. The van der Waals surface area contributed by atoms with Crippen LogP contribution in [0.1, 0.15) is 6.92 Å². The van der Waals surface area contributed by atoms with Gasteiger partial charge < -0.3 is 14.6 Å². The summed E-state index contributed by atoms with van der Waals surface area (Å²) in [6.45, 7) is 1.84. The van der Waals surface area contributed by atoms with E-state index in [1.54, 1.807) is 23.7 Å². The zero-order valence-electron chi connectivity index (χ0n) is 14.1. The molecule has 0 aliphatic carbocycles. The third-order valence-corrected chi connectivity index (χ3v) is 4.04. The Morgan fingerprint density at radius 3 is 2.88 bits per heavy atom. The van der Waals surface area contributed by atoms with Crippen molar-refractivity contribution in [2.24, 2.45) is 7.05 Å². The van der Waals surface area contributed by atoms with Crippen LogP contribution in [0.5, 0.6) is 0 Å². The second-order valence-electron chi connectivity index (χ2n) is 5.81. The van der Waals surface area contributed by atoms with Gasteiger partial charge in [-0.05, 0) is 18.2 Å². The van der Waals surface area contributed by atoms with Crippen molar-refractivity contribution in [1.29, 1.82) is 0 Å². The Morgan fingerprint density at radius 2 is 2.20 bits per heavy atom. The number of cyclic esters (lactones) is 1. The smallest absolute Gasteiger partial charge is 0.414 e. The third-order valence-electron chi connectivity index (χ3n) is 4.04. The second-order valence-corrected chi connectivity index (χ2v) is 5.81. The molecule has 0 bridgehead atoms. The summed E-state index contributed by atoms with van der Waals surface area (Å²) < 4.78 is 21.4. The number of fused-ring (bicyclic) bond motifs is 1. The van der Waals surface area contributed by atoms with Gasteiger partial charge in [-0.25, -0.2) is 9.18 Å². The Bertz CT molecular complexity index is 835. The van der Waals surface area contributed by atoms with Crippen LogP contribution in [0, 0.1) is 5.82 Å². The molecule has 3 rings (SSSR count). The fourth-order valence-electron chi connectivity index (χ4n) is 2.89. The molecule has 25 heavy (non-hydrogen) atoms. The number of nitrogens with one attached hydrogen (secondary N) is 2. The number of aryl methyl sites for hydroxylation is 1. The molecule has 1 aliphatic rings. The number of aromatic nitrogens is 1. The maximum absolute atomic E-state index is 14.6. The number of benzene rings is 1. The zero-order valence-corrected chi connectivity index (χ0v) is 14.1. The number of hydrogen-bond donors (Lipinski definition) is 2. The molecule has 0 unspecified atom stereocenters. The maximum Gasteiger partial charge on any atom is 0.414 e. The second kappa shape index (κ2) is 6.60. The van der Waals surface area contributed by atoms with Crippen molar-refractivity contribution in [2.75, 3.05) is 30.6 Å². The van der Waals surface area contributed by atoms with Gasteiger partial charge in [0.25, 0.3) is 0 Å². The minimum absolute atomic E-state index is 0.204. The average molecular weight is 350 g/mol. The van der Waals surface area contributed by atoms with E-state index in [0.29, 0.717) is 22.4 Å². The van der Waals surface area contributed by atoms with Gasteiger partial charge in [-0.1, -0.05) is 0 Å². The summed E-state index contributed by atoms with van der Waals surface area (Å²) in [6, 6.07) is 4.73. The molecule has 8 nitrogen and oxygen atoms in total. The molecular weight excluding hydrogens is 331 g/mol. The van der Waals surface area contributed by atoms with E-state index in [2.05, 4.69) is 10.8 Å². The summed E-state index contributed by atoms with van der Waals surface area (Å²) in [4.78, 5) is 29.3. The topological polar surface area (TPSA) is 84.8 Å². The standard InChI is InChI=1S/C16H19FN4O4/c1-9(22)18-7-12-8-21(16(23)25-12)11-4-10-5-14(19-24-3)20(2)15(10)13(17)6-11/h4-6,12,19H,7-8H2,1-3H3,(H,18,22)/t12-/m0/s1. The summed E-state index contributed by atoms with van der Waals surface area (Å²) in [7, 11) is 3.18. The van der Waals surface area contributed by atoms with Gasteiger partial charge in [-0.15, -0.1) is 0 Å². The number of carbonyl (C=O) groups is 2. The fourth-order valence-corrected chi connectivity index (χ4v) is 2.89. The number of ether oxygens (including phenoxy) is 1. The van der Waals surface area contributed by atoms with E-state index in [-0.39, 0.29) is 19.0 Å². The molecule has 134 valence electrons. The highest BCUT2D eigenvalue weighted by Gasteiger charge is 2.33. The number of halogens is 1. The first kappa shape index (κ1) is 17.0. The van der Waals surface area contributed by atoms with Gasteiger partial charge in [-0.3, -0.25) is 20.0 Å². The first-order valence-electron chi connectivity index (χ1n) is 7.71. The third kappa shape index (κ3) is 3.22. The highest BCUT2D eigenvalue weighted by atomic mass is 19.1. The Morgan fingerprint density at radius 1 is 1.44 bits per heavy atom. The van der Waals surface area contributed by atoms with Gasteiger partial charge in [0.05, 0.1) is 31.4 Å². The van der Waals surface area contributed by atoms with E-state index in [1.165, 1.54) is 25.0 Å². The minimum atomic E-state index is -0.569. The number of hydrogen-bond acceptors (Lipinski definition) is 5. The first-order valence-corrected chi connectivity index (χ1v) is 7.71. The molecule has 1 aromatic heterocycles. The maximum atomic E-state index is 14.6. The van der Waals surface area contributed by atoms with Crippen LogP contribution in [0.3, 0.4) is 0 Å². The number of nitrogens with zero attached hydrogens (tertiary/aromatic N) is 2. The number of anilines is 2. The summed E-state index contributed by atoms with van der Waals surface area (Å²) in [6.07, 6.45) is -1.04. The lowest BCUT2D eigenvalue weighted by molar-refractivity contribution is -0.119. The lowest BCUT2D eigenvalue weighted by Gasteiger charge is -2.14. The van der Waals surface area contributed by atoms with Crippen LogP contribution in [-0.2, 0) is 21.4 Å². The fraction of sp³-hybridized carbons (Fsp3) is 0.375. The van der Waals surface area contributed by atoms with Crippen LogP contribution in [-0.4, -0.2) is 42.9 Å². The quantitative estimate of drug-likeness (QED) is 0.803. The van der Waals surface area contributed by atoms with Crippen molar-refractivity contribution in [1.82, 2.24) is 9.88 Å². The summed E-state index contributed by atoms with van der Waals surface area (Å²) >= 11 is 0. The molecule has 0 saturated carbocycles. The van der Waals surface area contributed by atoms with Crippen molar-refractivity contribution >= 4 is 34.4 Å². The van der Waals surface area contributed by atoms with Crippen molar-refractivity contribution in [3.05, 3.63) is 24.0 Å².